The normalized spacial score (nSPS) is 14.4. The zero-order chi connectivity index (χ0) is 13.1. The van der Waals surface area contributed by atoms with Gasteiger partial charge in [0.05, 0.1) is 6.04 Å². The van der Waals surface area contributed by atoms with Gasteiger partial charge in [0.15, 0.2) is 0 Å². The lowest BCUT2D eigenvalue weighted by Crippen LogP contribution is -2.22. The molecule has 0 aliphatic rings. The van der Waals surface area contributed by atoms with Gasteiger partial charge >= 0.3 is 0 Å². The van der Waals surface area contributed by atoms with E-state index in [4.69, 9.17) is 4.42 Å². The molecular formula is C15H18BrNO. The van der Waals surface area contributed by atoms with E-state index in [1.807, 2.05) is 25.1 Å². The first-order chi connectivity index (χ1) is 8.58. The number of aryl methyl sites for hydroxylation is 1. The highest BCUT2D eigenvalue weighted by Crippen LogP contribution is 2.25. The van der Waals surface area contributed by atoms with Crippen LogP contribution in [0.25, 0.3) is 0 Å². The fourth-order valence-corrected chi connectivity index (χ4v) is 2.69. The summed E-state index contributed by atoms with van der Waals surface area (Å²) in [5.41, 5.74) is 1.26. The Bertz CT molecular complexity index is 521. The fraction of sp³-hybridized carbons (Fsp3) is 0.333. The molecule has 1 N–H and O–H groups in total. The molecule has 2 rings (SSSR count). The van der Waals surface area contributed by atoms with Gasteiger partial charge in [-0.3, -0.25) is 0 Å². The molecule has 0 spiro atoms. The Balaban J connectivity index is 2.08. The summed E-state index contributed by atoms with van der Waals surface area (Å²) in [4.78, 5) is 0. The maximum atomic E-state index is 5.64. The topological polar surface area (TPSA) is 25.2 Å². The van der Waals surface area contributed by atoms with Crippen LogP contribution in [0.2, 0.25) is 0 Å². The number of nitrogens with one attached hydrogen (secondary N) is 1. The quantitative estimate of drug-likeness (QED) is 0.880. The van der Waals surface area contributed by atoms with Crippen molar-refractivity contribution in [3.05, 3.63) is 58.0 Å². The third-order valence-corrected chi connectivity index (χ3v) is 3.78. The SMILES string of the molecule is Cc1ccc(C(C)N[C@H](C)c2ccccc2Br)o1. The number of hydrogen-bond acceptors (Lipinski definition) is 2. The number of furan rings is 1. The minimum atomic E-state index is 0.195. The van der Waals surface area contributed by atoms with E-state index < -0.39 is 0 Å². The highest BCUT2D eigenvalue weighted by molar-refractivity contribution is 9.10. The third kappa shape index (κ3) is 3.03. The van der Waals surface area contributed by atoms with Crippen LogP contribution in [0.15, 0.2) is 45.3 Å². The predicted octanol–water partition coefficient (Wildman–Crippen LogP) is 4.76. The molecule has 1 unspecified atom stereocenters. The maximum absolute atomic E-state index is 5.64. The highest BCUT2D eigenvalue weighted by atomic mass is 79.9. The van der Waals surface area contributed by atoms with Crippen molar-refractivity contribution in [2.45, 2.75) is 32.9 Å². The third-order valence-electron chi connectivity index (χ3n) is 3.06. The zero-order valence-electron chi connectivity index (χ0n) is 10.9. The van der Waals surface area contributed by atoms with E-state index >= 15 is 0 Å². The Morgan fingerprint density at radius 3 is 2.39 bits per heavy atom. The molecule has 0 bridgehead atoms. The van der Waals surface area contributed by atoms with E-state index in [1.165, 1.54) is 5.56 Å². The van der Waals surface area contributed by atoms with E-state index in [1.54, 1.807) is 0 Å². The zero-order valence-corrected chi connectivity index (χ0v) is 12.5. The van der Waals surface area contributed by atoms with Gasteiger partial charge in [0.2, 0.25) is 0 Å². The van der Waals surface area contributed by atoms with Crippen molar-refractivity contribution >= 4 is 15.9 Å². The predicted molar refractivity (Wildman–Crippen MR) is 77.6 cm³/mol. The summed E-state index contributed by atoms with van der Waals surface area (Å²) in [6.07, 6.45) is 0. The van der Waals surface area contributed by atoms with Crippen molar-refractivity contribution in [3.63, 3.8) is 0 Å². The van der Waals surface area contributed by atoms with Gasteiger partial charge in [-0.05, 0) is 44.5 Å². The summed E-state index contributed by atoms with van der Waals surface area (Å²) in [6, 6.07) is 12.8. The number of rotatable bonds is 4. The van der Waals surface area contributed by atoms with Gasteiger partial charge in [-0.1, -0.05) is 34.1 Å². The van der Waals surface area contributed by atoms with Crippen LogP contribution in [0, 0.1) is 6.92 Å². The molecular weight excluding hydrogens is 290 g/mol. The molecule has 2 aromatic rings. The average molecular weight is 308 g/mol. The van der Waals surface area contributed by atoms with Crippen LogP contribution in [0.5, 0.6) is 0 Å². The summed E-state index contributed by atoms with van der Waals surface area (Å²) in [5.74, 6) is 1.93. The molecule has 2 nitrogen and oxygen atoms in total. The van der Waals surface area contributed by atoms with Crippen molar-refractivity contribution in [3.8, 4) is 0 Å². The minimum absolute atomic E-state index is 0.195. The van der Waals surface area contributed by atoms with E-state index in [2.05, 4.69) is 53.3 Å². The Kier molecular flexibility index (Phi) is 4.25. The van der Waals surface area contributed by atoms with Crippen LogP contribution in [0.3, 0.4) is 0 Å². The molecule has 0 fully saturated rings. The summed E-state index contributed by atoms with van der Waals surface area (Å²) in [6.45, 7) is 6.24. The monoisotopic (exact) mass is 307 g/mol. The molecule has 0 aliphatic heterocycles. The molecule has 0 radical (unpaired) electrons. The van der Waals surface area contributed by atoms with Crippen molar-refractivity contribution in [2.75, 3.05) is 0 Å². The minimum Gasteiger partial charge on any atom is -0.465 e. The first kappa shape index (κ1) is 13.4. The lowest BCUT2D eigenvalue weighted by atomic mass is 10.1. The lowest BCUT2D eigenvalue weighted by Gasteiger charge is -2.20. The Labute approximate surface area is 117 Å². The second kappa shape index (κ2) is 5.72. The van der Waals surface area contributed by atoms with Crippen LogP contribution in [-0.4, -0.2) is 0 Å². The Morgan fingerprint density at radius 1 is 1.06 bits per heavy atom. The molecule has 0 saturated heterocycles. The Hall–Kier alpha value is -1.06. The second-order valence-corrected chi connectivity index (χ2v) is 5.43. The van der Waals surface area contributed by atoms with Gasteiger partial charge in [-0.15, -0.1) is 0 Å². The molecule has 0 amide bonds. The van der Waals surface area contributed by atoms with Crippen LogP contribution in [0.4, 0.5) is 0 Å². The van der Waals surface area contributed by atoms with Gasteiger partial charge in [-0.2, -0.15) is 0 Å². The van der Waals surface area contributed by atoms with E-state index in [-0.39, 0.29) is 12.1 Å². The van der Waals surface area contributed by atoms with Gasteiger partial charge < -0.3 is 9.73 Å². The summed E-state index contributed by atoms with van der Waals surface area (Å²) in [7, 11) is 0. The number of hydrogen-bond donors (Lipinski definition) is 1. The van der Waals surface area contributed by atoms with E-state index in [0.29, 0.717) is 0 Å². The number of halogens is 1. The molecule has 1 aromatic heterocycles. The molecule has 1 aromatic carbocycles. The standard InChI is InChI=1S/C15H18BrNO/c1-10-8-9-15(18-10)12(3)17-11(2)13-6-4-5-7-14(13)16/h4-9,11-12,17H,1-3H3/t11-,12?/m1/s1. The highest BCUT2D eigenvalue weighted by Gasteiger charge is 2.15. The van der Waals surface area contributed by atoms with Crippen LogP contribution in [-0.2, 0) is 0 Å². The first-order valence-electron chi connectivity index (χ1n) is 6.14. The largest absolute Gasteiger partial charge is 0.465 e. The first-order valence-corrected chi connectivity index (χ1v) is 6.94. The van der Waals surface area contributed by atoms with Crippen molar-refractivity contribution in [1.29, 1.82) is 0 Å². The maximum Gasteiger partial charge on any atom is 0.120 e. The average Bonchev–Trinajstić information content (AvgIpc) is 2.76. The molecule has 2 atom stereocenters. The molecule has 1 heterocycles. The van der Waals surface area contributed by atoms with Crippen LogP contribution < -0.4 is 5.32 Å². The van der Waals surface area contributed by atoms with Gasteiger partial charge in [-0.25, -0.2) is 0 Å². The summed E-state index contributed by atoms with van der Waals surface area (Å²) >= 11 is 3.58. The van der Waals surface area contributed by atoms with E-state index in [9.17, 15) is 0 Å². The van der Waals surface area contributed by atoms with Crippen molar-refractivity contribution in [2.24, 2.45) is 0 Å². The van der Waals surface area contributed by atoms with Gasteiger partial charge in [0, 0.05) is 10.5 Å². The van der Waals surface area contributed by atoms with Crippen molar-refractivity contribution in [1.82, 2.24) is 5.32 Å². The number of benzene rings is 1. The molecule has 0 aliphatic carbocycles. The van der Waals surface area contributed by atoms with Gasteiger partial charge in [0.1, 0.15) is 11.5 Å². The summed E-state index contributed by atoms with van der Waals surface area (Å²) in [5, 5.41) is 3.54. The summed E-state index contributed by atoms with van der Waals surface area (Å²) < 4.78 is 6.77. The smallest absolute Gasteiger partial charge is 0.120 e. The second-order valence-electron chi connectivity index (χ2n) is 4.58. The molecule has 0 saturated carbocycles. The van der Waals surface area contributed by atoms with Crippen molar-refractivity contribution < 1.29 is 4.42 Å². The molecule has 3 heteroatoms. The lowest BCUT2D eigenvalue weighted by molar-refractivity contribution is 0.392. The van der Waals surface area contributed by atoms with Crippen LogP contribution >= 0.6 is 15.9 Å². The molecule has 18 heavy (non-hydrogen) atoms. The Morgan fingerprint density at radius 2 is 1.78 bits per heavy atom. The molecule has 96 valence electrons. The van der Waals surface area contributed by atoms with Gasteiger partial charge in [0.25, 0.3) is 0 Å². The van der Waals surface area contributed by atoms with Crippen LogP contribution in [0.1, 0.15) is 43.0 Å². The fourth-order valence-electron chi connectivity index (χ4n) is 2.06. The van der Waals surface area contributed by atoms with E-state index in [0.717, 1.165) is 16.0 Å².